The molecule has 1 aliphatic carbocycles. The molecule has 1 unspecified atom stereocenters. The Balaban J connectivity index is 1.84. The molecule has 1 N–H and O–H groups in total. The fourth-order valence-electron chi connectivity index (χ4n) is 3.24. The van der Waals surface area contributed by atoms with E-state index in [0.717, 1.165) is 0 Å². The number of anilines is 1. The molecule has 1 atom stereocenters. The van der Waals surface area contributed by atoms with Crippen LogP contribution in [0.5, 0.6) is 0 Å². The van der Waals surface area contributed by atoms with Gasteiger partial charge in [-0.25, -0.2) is 0 Å². The van der Waals surface area contributed by atoms with E-state index in [-0.39, 0.29) is 0 Å². The van der Waals surface area contributed by atoms with E-state index in [1.54, 1.807) is 0 Å². The molecule has 2 aromatic carbocycles. The van der Waals surface area contributed by atoms with Crippen LogP contribution in [-0.4, -0.2) is 6.04 Å². The normalized spacial score (nSPS) is 22.3. The fourth-order valence-corrected chi connectivity index (χ4v) is 3.24. The van der Waals surface area contributed by atoms with Crippen molar-refractivity contribution in [2.24, 2.45) is 5.41 Å². The zero-order valence-electron chi connectivity index (χ0n) is 11.9. The van der Waals surface area contributed by atoms with Crippen LogP contribution in [0.4, 0.5) is 5.69 Å². The van der Waals surface area contributed by atoms with Gasteiger partial charge in [0.15, 0.2) is 0 Å². The van der Waals surface area contributed by atoms with Crippen molar-refractivity contribution in [2.75, 3.05) is 5.32 Å². The van der Waals surface area contributed by atoms with Crippen LogP contribution >= 0.6 is 0 Å². The zero-order valence-corrected chi connectivity index (χ0v) is 11.9. The van der Waals surface area contributed by atoms with Crippen LogP contribution in [0.15, 0.2) is 42.5 Å². The van der Waals surface area contributed by atoms with E-state index < -0.39 is 0 Å². The maximum Gasteiger partial charge on any atom is 0.0348 e. The number of benzene rings is 2. The number of hydrogen-bond acceptors (Lipinski definition) is 1. The molecule has 0 aromatic heterocycles. The summed E-state index contributed by atoms with van der Waals surface area (Å²) in [4.78, 5) is 0. The average molecular weight is 253 g/mol. The predicted molar refractivity (Wildman–Crippen MR) is 83.6 cm³/mol. The van der Waals surface area contributed by atoms with Gasteiger partial charge in [0.25, 0.3) is 0 Å². The molecule has 2 aromatic rings. The third-order valence-electron chi connectivity index (χ3n) is 4.60. The summed E-state index contributed by atoms with van der Waals surface area (Å²) < 4.78 is 0. The Morgan fingerprint density at radius 1 is 1.00 bits per heavy atom. The number of fused-ring (bicyclic) bond motifs is 1. The summed E-state index contributed by atoms with van der Waals surface area (Å²) in [6.07, 6.45) is 5.36. The Bertz CT molecular complexity index is 571. The Morgan fingerprint density at radius 3 is 2.58 bits per heavy atom. The van der Waals surface area contributed by atoms with E-state index in [4.69, 9.17) is 0 Å². The molecule has 0 bridgehead atoms. The molecular formula is C18H23N. The van der Waals surface area contributed by atoms with Gasteiger partial charge in [0.1, 0.15) is 0 Å². The third-order valence-corrected chi connectivity index (χ3v) is 4.60. The summed E-state index contributed by atoms with van der Waals surface area (Å²) in [7, 11) is 0. The van der Waals surface area contributed by atoms with Crippen molar-refractivity contribution in [3.8, 4) is 0 Å². The van der Waals surface area contributed by atoms with Gasteiger partial charge in [0, 0.05) is 11.7 Å². The minimum absolute atomic E-state index is 0.407. The highest BCUT2D eigenvalue weighted by atomic mass is 14.9. The predicted octanol–water partition coefficient (Wildman–Crippen LogP) is 5.22. The first-order chi connectivity index (χ1) is 9.15. The average Bonchev–Trinajstić information content (AvgIpc) is 2.41. The van der Waals surface area contributed by atoms with Gasteiger partial charge in [-0.3, -0.25) is 0 Å². The van der Waals surface area contributed by atoms with E-state index >= 15 is 0 Å². The maximum absolute atomic E-state index is 3.76. The summed E-state index contributed by atoms with van der Waals surface area (Å²) in [5.41, 5.74) is 1.67. The Hall–Kier alpha value is -1.50. The molecular weight excluding hydrogens is 230 g/mol. The van der Waals surface area contributed by atoms with Gasteiger partial charge in [-0.1, -0.05) is 57.0 Å². The van der Waals surface area contributed by atoms with Crippen LogP contribution in [0.25, 0.3) is 10.8 Å². The summed E-state index contributed by atoms with van der Waals surface area (Å²) in [6, 6.07) is 15.9. The highest BCUT2D eigenvalue weighted by Crippen LogP contribution is 2.37. The second-order valence-corrected chi connectivity index (χ2v) is 6.49. The molecule has 0 spiro atoms. The number of hydrogen-bond donors (Lipinski definition) is 1. The van der Waals surface area contributed by atoms with Crippen molar-refractivity contribution in [1.29, 1.82) is 0 Å². The van der Waals surface area contributed by atoms with Gasteiger partial charge < -0.3 is 5.32 Å². The highest BCUT2D eigenvalue weighted by Gasteiger charge is 2.31. The highest BCUT2D eigenvalue weighted by molar-refractivity contribution is 5.85. The number of nitrogens with one attached hydrogen (secondary N) is 1. The smallest absolute Gasteiger partial charge is 0.0348 e. The Kier molecular flexibility index (Phi) is 3.22. The monoisotopic (exact) mass is 253 g/mol. The molecule has 0 saturated heterocycles. The van der Waals surface area contributed by atoms with Gasteiger partial charge in [-0.05, 0) is 41.2 Å². The summed E-state index contributed by atoms with van der Waals surface area (Å²) in [6.45, 7) is 4.79. The topological polar surface area (TPSA) is 12.0 Å². The molecule has 0 amide bonds. The van der Waals surface area contributed by atoms with Crippen molar-refractivity contribution in [3.63, 3.8) is 0 Å². The standard InChI is InChI=1S/C18H23N/c1-18(2)12-6-5-9-17(18)19-16-11-10-14-7-3-4-8-15(14)13-16/h3-4,7-8,10-11,13,17,19H,5-6,9,12H2,1-2H3. The first kappa shape index (κ1) is 12.5. The largest absolute Gasteiger partial charge is 0.382 e. The van der Waals surface area contributed by atoms with E-state index in [0.29, 0.717) is 11.5 Å². The second-order valence-electron chi connectivity index (χ2n) is 6.49. The molecule has 1 fully saturated rings. The summed E-state index contributed by atoms with van der Waals surface area (Å²) in [5, 5.41) is 6.40. The first-order valence-electron chi connectivity index (χ1n) is 7.40. The van der Waals surface area contributed by atoms with Crippen LogP contribution in [0.1, 0.15) is 39.5 Å². The van der Waals surface area contributed by atoms with E-state index in [1.165, 1.54) is 42.1 Å². The molecule has 3 rings (SSSR count). The molecule has 100 valence electrons. The molecule has 1 aliphatic rings. The Morgan fingerprint density at radius 2 is 1.79 bits per heavy atom. The van der Waals surface area contributed by atoms with Crippen molar-refractivity contribution in [3.05, 3.63) is 42.5 Å². The molecule has 19 heavy (non-hydrogen) atoms. The fraction of sp³-hybridized carbons (Fsp3) is 0.444. The van der Waals surface area contributed by atoms with Gasteiger partial charge in [0.2, 0.25) is 0 Å². The lowest BCUT2D eigenvalue weighted by atomic mass is 9.73. The van der Waals surface area contributed by atoms with E-state index in [9.17, 15) is 0 Å². The van der Waals surface area contributed by atoms with Gasteiger partial charge >= 0.3 is 0 Å². The SMILES string of the molecule is CC1(C)CCCCC1Nc1ccc2ccccc2c1. The first-order valence-corrected chi connectivity index (χ1v) is 7.40. The zero-order chi connectivity index (χ0) is 13.3. The minimum Gasteiger partial charge on any atom is -0.382 e. The van der Waals surface area contributed by atoms with Crippen molar-refractivity contribution in [2.45, 2.75) is 45.6 Å². The molecule has 1 heteroatoms. The van der Waals surface area contributed by atoms with E-state index in [2.05, 4.69) is 61.6 Å². The van der Waals surface area contributed by atoms with Gasteiger partial charge in [0.05, 0.1) is 0 Å². The lowest BCUT2D eigenvalue weighted by Gasteiger charge is -2.39. The van der Waals surface area contributed by atoms with Crippen LogP contribution in [-0.2, 0) is 0 Å². The maximum atomic E-state index is 3.76. The lowest BCUT2D eigenvalue weighted by molar-refractivity contribution is 0.217. The van der Waals surface area contributed by atoms with Crippen molar-refractivity contribution in [1.82, 2.24) is 0 Å². The number of rotatable bonds is 2. The second kappa shape index (κ2) is 4.88. The molecule has 0 radical (unpaired) electrons. The van der Waals surface area contributed by atoms with Crippen LogP contribution in [0, 0.1) is 5.41 Å². The lowest BCUT2D eigenvalue weighted by Crippen LogP contribution is -2.38. The van der Waals surface area contributed by atoms with Crippen LogP contribution in [0.2, 0.25) is 0 Å². The molecule has 1 saturated carbocycles. The molecule has 0 aliphatic heterocycles. The minimum atomic E-state index is 0.407. The summed E-state index contributed by atoms with van der Waals surface area (Å²) in [5.74, 6) is 0. The van der Waals surface area contributed by atoms with Gasteiger partial charge in [-0.15, -0.1) is 0 Å². The van der Waals surface area contributed by atoms with Crippen molar-refractivity contribution < 1.29 is 0 Å². The quantitative estimate of drug-likeness (QED) is 0.773. The summed E-state index contributed by atoms with van der Waals surface area (Å²) >= 11 is 0. The van der Waals surface area contributed by atoms with Crippen molar-refractivity contribution >= 4 is 16.5 Å². The Labute approximate surface area is 116 Å². The molecule has 0 heterocycles. The van der Waals surface area contributed by atoms with E-state index in [1.807, 2.05) is 0 Å². The van der Waals surface area contributed by atoms with Crippen LogP contribution in [0.3, 0.4) is 0 Å². The van der Waals surface area contributed by atoms with Gasteiger partial charge in [-0.2, -0.15) is 0 Å². The van der Waals surface area contributed by atoms with Crippen LogP contribution < -0.4 is 5.32 Å². The molecule has 1 nitrogen and oxygen atoms in total. The third kappa shape index (κ3) is 2.60.